The Balaban J connectivity index is 2.07. The Morgan fingerprint density at radius 2 is 1.89 bits per heavy atom. The number of ether oxygens (including phenoxy) is 2. The van der Waals surface area contributed by atoms with Gasteiger partial charge in [0.15, 0.2) is 0 Å². The van der Waals surface area contributed by atoms with Gasteiger partial charge in [-0.05, 0) is 18.8 Å². The second-order valence-electron chi connectivity index (χ2n) is 4.77. The summed E-state index contributed by atoms with van der Waals surface area (Å²) < 4.78 is 10.5. The van der Waals surface area contributed by atoms with Gasteiger partial charge in [-0.15, -0.1) is 0 Å². The predicted octanol–water partition coefficient (Wildman–Crippen LogP) is 1.77. The Morgan fingerprint density at radius 3 is 2.39 bits per heavy atom. The Morgan fingerprint density at radius 1 is 1.22 bits per heavy atom. The van der Waals surface area contributed by atoms with Crippen molar-refractivity contribution in [1.82, 2.24) is 15.3 Å². The van der Waals surface area contributed by atoms with Gasteiger partial charge in [-0.25, -0.2) is 9.97 Å². The Hall–Kier alpha value is -1.36. The Kier molecular flexibility index (Phi) is 4.36. The fourth-order valence-electron chi connectivity index (χ4n) is 2.57. The molecule has 2 unspecified atom stereocenters. The molecule has 0 amide bonds. The first-order chi connectivity index (χ1) is 8.76. The zero-order valence-corrected chi connectivity index (χ0v) is 11.3. The van der Waals surface area contributed by atoms with E-state index in [1.54, 1.807) is 14.2 Å². The van der Waals surface area contributed by atoms with Gasteiger partial charge in [-0.3, -0.25) is 0 Å². The standard InChI is InChI=1S/C13H21N3O2/c1-9-5-4-6-11(9)14-7-10-12(17-2)15-8-16-13(10)18-3/h8-9,11,14H,4-7H2,1-3H3. The zero-order chi connectivity index (χ0) is 13.0. The van der Waals surface area contributed by atoms with Gasteiger partial charge < -0.3 is 14.8 Å². The summed E-state index contributed by atoms with van der Waals surface area (Å²) in [6, 6.07) is 0.569. The van der Waals surface area contributed by atoms with Crippen LogP contribution in [0.25, 0.3) is 0 Å². The molecule has 1 saturated carbocycles. The third-order valence-corrected chi connectivity index (χ3v) is 3.66. The molecule has 1 aromatic rings. The summed E-state index contributed by atoms with van der Waals surface area (Å²) in [6.07, 6.45) is 5.30. The fraction of sp³-hybridized carbons (Fsp3) is 0.692. The van der Waals surface area contributed by atoms with Crippen molar-refractivity contribution in [3.05, 3.63) is 11.9 Å². The van der Waals surface area contributed by atoms with Crippen LogP contribution >= 0.6 is 0 Å². The average molecular weight is 251 g/mol. The fourth-order valence-corrected chi connectivity index (χ4v) is 2.57. The highest BCUT2D eigenvalue weighted by atomic mass is 16.5. The monoisotopic (exact) mass is 251 g/mol. The van der Waals surface area contributed by atoms with Crippen LogP contribution in [-0.4, -0.2) is 30.2 Å². The van der Waals surface area contributed by atoms with E-state index < -0.39 is 0 Å². The summed E-state index contributed by atoms with van der Waals surface area (Å²) in [4.78, 5) is 8.23. The molecule has 100 valence electrons. The highest BCUT2D eigenvalue weighted by molar-refractivity contribution is 5.34. The summed E-state index contributed by atoms with van der Waals surface area (Å²) in [5, 5.41) is 3.56. The number of hydrogen-bond donors (Lipinski definition) is 1. The highest BCUT2D eigenvalue weighted by Gasteiger charge is 2.23. The average Bonchev–Trinajstić information content (AvgIpc) is 2.81. The molecule has 18 heavy (non-hydrogen) atoms. The Labute approximate surface area is 108 Å². The molecule has 1 aromatic heterocycles. The third kappa shape index (κ3) is 2.72. The normalized spacial score (nSPS) is 23.1. The van der Waals surface area contributed by atoms with E-state index in [0.717, 1.165) is 11.5 Å². The van der Waals surface area contributed by atoms with Crippen molar-refractivity contribution >= 4 is 0 Å². The van der Waals surface area contributed by atoms with Crippen LogP contribution in [0, 0.1) is 5.92 Å². The van der Waals surface area contributed by atoms with Crippen molar-refractivity contribution in [1.29, 1.82) is 0 Å². The van der Waals surface area contributed by atoms with E-state index in [2.05, 4.69) is 22.2 Å². The molecular formula is C13H21N3O2. The van der Waals surface area contributed by atoms with E-state index >= 15 is 0 Å². The molecule has 1 aliphatic rings. The van der Waals surface area contributed by atoms with Crippen molar-refractivity contribution < 1.29 is 9.47 Å². The van der Waals surface area contributed by atoms with Crippen LogP contribution in [0.3, 0.4) is 0 Å². The van der Waals surface area contributed by atoms with Crippen molar-refractivity contribution in [2.24, 2.45) is 5.92 Å². The maximum Gasteiger partial charge on any atom is 0.224 e. The molecule has 1 heterocycles. The van der Waals surface area contributed by atoms with Gasteiger partial charge >= 0.3 is 0 Å². The van der Waals surface area contributed by atoms with Crippen molar-refractivity contribution in [3.8, 4) is 11.8 Å². The molecular weight excluding hydrogens is 230 g/mol. The van der Waals surface area contributed by atoms with Crippen LogP contribution < -0.4 is 14.8 Å². The highest BCUT2D eigenvalue weighted by Crippen LogP contribution is 2.27. The van der Waals surface area contributed by atoms with Crippen LogP contribution in [0.15, 0.2) is 6.33 Å². The number of rotatable bonds is 5. The first-order valence-corrected chi connectivity index (χ1v) is 6.41. The second-order valence-corrected chi connectivity index (χ2v) is 4.77. The minimum atomic E-state index is 0.569. The summed E-state index contributed by atoms with van der Waals surface area (Å²) in [5.74, 6) is 1.90. The maximum atomic E-state index is 5.26. The zero-order valence-electron chi connectivity index (χ0n) is 11.3. The minimum Gasteiger partial charge on any atom is -0.481 e. The molecule has 2 atom stereocenters. The van der Waals surface area contributed by atoms with Crippen molar-refractivity contribution in [2.45, 2.75) is 38.8 Å². The third-order valence-electron chi connectivity index (χ3n) is 3.66. The van der Waals surface area contributed by atoms with E-state index in [1.165, 1.54) is 25.6 Å². The molecule has 5 heteroatoms. The smallest absolute Gasteiger partial charge is 0.224 e. The first-order valence-electron chi connectivity index (χ1n) is 6.41. The largest absolute Gasteiger partial charge is 0.481 e. The van der Waals surface area contributed by atoms with Crippen LogP contribution in [0.4, 0.5) is 0 Å². The van der Waals surface area contributed by atoms with E-state index in [1.807, 2.05) is 0 Å². The number of nitrogens with zero attached hydrogens (tertiary/aromatic N) is 2. The maximum absolute atomic E-state index is 5.26. The minimum absolute atomic E-state index is 0.569. The van der Waals surface area contributed by atoms with Gasteiger partial charge in [0.05, 0.1) is 19.8 Å². The van der Waals surface area contributed by atoms with Crippen molar-refractivity contribution in [3.63, 3.8) is 0 Å². The van der Waals surface area contributed by atoms with Gasteiger partial charge in [-0.2, -0.15) is 0 Å². The van der Waals surface area contributed by atoms with Crippen molar-refractivity contribution in [2.75, 3.05) is 14.2 Å². The number of hydrogen-bond acceptors (Lipinski definition) is 5. The van der Waals surface area contributed by atoms with E-state index in [-0.39, 0.29) is 0 Å². The van der Waals surface area contributed by atoms with Gasteiger partial charge in [0.2, 0.25) is 11.8 Å². The van der Waals surface area contributed by atoms with E-state index in [9.17, 15) is 0 Å². The number of aromatic nitrogens is 2. The second kappa shape index (κ2) is 6.00. The molecule has 0 aromatic carbocycles. The molecule has 2 rings (SSSR count). The number of nitrogens with one attached hydrogen (secondary N) is 1. The Bertz CT molecular complexity index is 376. The number of methoxy groups -OCH3 is 2. The van der Waals surface area contributed by atoms with Crippen LogP contribution in [0.5, 0.6) is 11.8 Å². The first kappa shape index (κ1) is 13.1. The molecule has 1 N–H and O–H groups in total. The topological polar surface area (TPSA) is 56.3 Å². The van der Waals surface area contributed by atoms with Gasteiger partial charge in [0, 0.05) is 12.6 Å². The van der Waals surface area contributed by atoms with E-state index in [0.29, 0.717) is 24.3 Å². The lowest BCUT2D eigenvalue weighted by Crippen LogP contribution is -2.31. The molecule has 0 saturated heterocycles. The lowest BCUT2D eigenvalue weighted by molar-refractivity contribution is 0.351. The van der Waals surface area contributed by atoms with E-state index in [4.69, 9.17) is 9.47 Å². The lowest BCUT2D eigenvalue weighted by Gasteiger charge is -2.18. The summed E-state index contributed by atoms with van der Waals surface area (Å²) in [5.41, 5.74) is 0.890. The molecule has 5 nitrogen and oxygen atoms in total. The van der Waals surface area contributed by atoms with Crippen LogP contribution in [0.1, 0.15) is 31.7 Å². The summed E-state index contributed by atoms with van der Waals surface area (Å²) in [6.45, 7) is 2.98. The lowest BCUT2D eigenvalue weighted by atomic mass is 10.1. The molecule has 0 radical (unpaired) electrons. The van der Waals surface area contributed by atoms with Gasteiger partial charge in [-0.1, -0.05) is 13.3 Å². The van der Waals surface area contributed by atoms with Gasteiger partial charge in [0.1, 0.15) is 6.33 Å². The predicted molar refractivity (Wildman–Crippen MR) is 68.8 cm³/mol. The molecule has 1 fully saturated rings. The SMILES string of the molecule is COc1ncnc(OC)c1CNC1CCCC1C. The molecule has 1 aliphatic carbocycles. The summed E-state index contributed by atoms with van der Waals surface area (Å²) >= 11 is 0. The molecule has 0 bridgehead atoms. The quantitative estimate of drug-likeness (QED) is 0.864. The van der Waals surface area contributed by atoms with Gasteiger partial charge in [0.25, 0.3) is 0 Å². The molecule has 0 aliphatic heterocycles. The molecule has 0 spiro atoms. The van der Waals surface area contributed by atoms with Crippen LogP contribution in [-0.2, 0) is 6.54 Å². The van der Waals surface area contributed by atoms with Crippen LogP contribution in [0.2, 0.25) is 0 Å². The summed E-state index contributed by atoms with van der Waals surface area (Å²) in [7, 11) is 3.23.